The third-order valence-corrected chi connectivity index (χ3v) is 15.0. The SMILES string of the molecule is CCCCc1ccc(N2c3ccc4oc5ccccc5c4c3-c3cc4c(oc5ccccc54)c4c3C2c2cccc3c2N4c2ccccc2C32c3ccccc3-c3ccccc32)cc1. The molecule has 0 bridgehead atoms. The van der Waals surface area contributed by atoms with Gasteiger partial charge < -0.3 is 18.6 Å². The first kappa shape index (κ1) is 34.7. The summed E-state index contributed by atoms with van der Waals surface area (Å²) < 4.78 is 13.9. The smallest absolute Gasteiger partial charge is 0.159 e. The Labute approximate surface area is 370 Å². The molecular formula is C60H40N2O2. The molecule has 0 fully saturated rings. The van der Waals surface area contributed by atoms with Crippen LogP contribution in [0.5, 0.6) is 0 Å². The third-order valence-electron chi connectivity index (χ3n) is 15.0. The van der Waals surface area contributed by atoms with Gasteiger partial charge in [-0.2, -0.15) is 0 Å². The van der Waals surface area contributed by atoms with Crippen LogP contribution in [0.4, 0.5) is 28.4 Å². The number of aryl methyl sites for hydroxylation is 1. The Balaban J connectivity index is 1.14. The highest BCUT2D eigenvalue weighted by Gasteiger charge is 2.55. The van der Waals surface area contributed by atoms with Gasteiger partial charge in [0.05, 0.1) is 34.2 Å². The average molecular weight is 821 g/mol. The fourth-order valence-corrected chi connectivity index (χ4v) is 12.5. The van der Waals surface area contributed by atoms with E-state index in [0.29, 0.717) is 0 Å². The number of benzene rings is 9. The van der Waals surface area contributed by atoms with Crippen LogP contribution >= 0.6 is 0 Å². The highest BCUT2D eigenvalue weighted by atomic mass is 16.3. The van der Waals surface area contributed by atoms with Gasteiger partial charge in [-0.1, -0.05) is 147 Å². The molecule has 1 unspecified atom stereocenters. The zero-order chi connectivity index (χ0) is 41.8. The zero-order valence-electron chi connectivity index (χ0n) is 35.2. The Morgan fingerprint density at radius 2 is 1.19 bits per heavy atom. The van der Waals surface area contributed by atoms with Gasteiger partial charge in [0.2, 0.25) is 0 Å². The molecule has 0 saturated heterocycles. The van der Waals surface area contributed by atoms with E-state index in [1.807, 2.05) is 0 Å². The molecule has 4 nitrogen and oxygen atoms in total. The van der Waals surface area contributed by atoms with Crippen molar-refractivity contribution in [3.63, 3.8) is 0 Å². The van der Waals surface area contributed by atoms with Crippen LogP contribution in [0.3, 0.4) is 0 Å². The summed E-state index contributed by atoms with van der Waals surface area (Å²) >= 11 is 0. The number of para-hydroxylation sites is 4. The van der Waals surface area contributed by atoms with Gasteiger partial charge in [0.15, 0.2) is 5.58 Å². The van der Waals surface area contributed by atoms with Crippen LogP contribution < -0.4 is 9.80 Å². The molecule has 0 saturated carbocycles. The van der Waals surface area contributed by atoms with E-state index in [2.05, 4.69) is 199 Å². The van der Waals surface area contributed by atoms with Gasteiger partial charge in [0.1, 0.15) is 16.7 Å². The maximum absolute atomic E-state index is 7.22. The first-order valence-electron chi connectivity index (χ1n) is 22.8. The molecule has 5 heterocycles. The normalized spacial score (nSPS) is 15.7. The lowest BCUT2D eigenvalue weighted by Gasteiger charge is -2.52. The fourth-order valence-electron chi connectivity index (χ4n) is 12.5. The van der Waals surface area contributed by atoms with E-state index in [-0.39, 0.29) is 6.04 Å². The van der Waals surface area contributed by atoms with Crippen LogP contribution in [0, 0.1) is 0 Å². The lowest BCUT2D eigenvalue weighted by atomic mass is 9.63. The topological polar surface area (TPSA) is 32.8 Å². The van der Waals surface area contributed by atoms with Crippen molar-refractivity contribution in [1.82, 2.24) is 0 Å². The lowest BCUT2D eigenvalue weighted by Crippen LogP contribution is -2.41. The van der Waals surface area contributed by atoms with Crippen molar-refractivity contribution < 1.29 is 8.83 Å². The van der Waals surface area contributed by atoms with Crippen molar-refractivity contribution in [2.45, 2.75) is 37.6 Å². The number of furan rings is 2. The summed E-state index contributed by atoms with van der Waals surface area (Å²) in [6.07, 6.45) is 3.41. The van der Waals surface area contributed by atoms with Crippen LogP contribution in [0.15, 0.2) is 191 Å². The molecule has 9 aromatic carbocycles. The van der Waals surface area contributed by atoms with Crippen LogP contribution in [0.25, 0.3) is 66.1 Å². The second-order valence-corrected chi connectivity index (χ2v) is 18.1. The molecule has 1 spiro atoms. The Morgan fingerprint density at radius 1 is 0.516 bits per heavy atom. The first-order chi connectivity index (χ1) is 31.7. The molecule has 11 aromatic rings. The Kier molecular flexibility index (Phi) is 6.74. The highest BCUT2D eigenvalue weighted by Crippen LogP contribution is 2.70. The van der Waals surface area contributed by atoms with E-state index in [0.717, 1.165) is 61.7 Å². The lowest BCUT2D eigenvalue weighted by molar-refractivity contribution is 0.663. The number of hydrogen-bond acceptors (Lipinski definition) is 4. The van der Waals surface area contributed by atoms with E-state index in [9.17, 15) is 0 Å². The number of unbranched alkanes of at least 4 members (excludes halogenated alkanes) is 1. The van der Waals surface area contributed by atoms with Gasteiger partial charge in [0, 0.05) is 43.9 Å². The Hall–Kier alpha value is -7.82. The predicted octanol–water partition coefficient (Wildman–Crippen LogP) is 16.2. The average Bonchev–Trinajstić information content (AvgIpc) is 4.02. The molecule has 0 N–H and O–H groups in total. The minimum absolute atomic E-state index is 0.187. The largest absolute Gasteiger partial charge is 0.456 e. The van der Waals surface area contributed by atoms with Crippen molar-refractivity contribution >= 4 is 72.3 Å². The number of hydrogen-bond donors (Lipinski definition) is 0. The van der Waals surface area contributed by atoms with Gasteiger partial charge in [0.25, 0.3) is 0 Å². The van der Waals surface area contributed by atoms with E-state index < -0.39 is 5.41 Å². The molecule has 302 valence electrons. The van der Waals surface area contributed by atoms with Crippen molar-refractivity contribution in [3.05, 3.63) is 221 Å². The fraction of sp³-hybridized carbons (Fsp3) is 0.100. The molecule has 64 heavy (non-hydrogen) atoms. The molecule has 1 aliphatic carbocycles. The zero-order valence-corrected chi connectivity index (χ0v) is 35.2. The minimum Gasteiger partial charge on any atom is -0.456 e. The summed E-state index contributed by atoms with van der Waals surface area (Å²) in [5.41, 5.74) is 23.0. The second-order valence-electron chi connectivity index (χ2n) is 18.1. The van der Waals surface area contributed by atoms with Crippen LogP contribution in [0.1, 0.15) is 64.8 Å². The molecule has 4 aliphatic rings. The predicted molar refractivity (Wildman–Crippen MR) is 261 cm³/mol. The Morgan fingerprint density at radius 3 is 1.97 bits per heavy atom. The van der Waals surface area contributed by atoms with E-state index in [1.54, 1.807) is 0 Å². The summed E-state index contributed by atoms with van der Waals surface area (Å²) in [5.74, 6) is 0. The van der Waals surface area contributed by atoms with E-state index in [4.69, 9.17) is 8.83 Å². The number of fused-ring (bicyclic) bond motifs is 21. The molecule has 4 heteroatoms. The molecule has 0 amide bonds. The monoisotopic (exact) mass is 820 g/mol. The molecule has 15 rings (SSSR count). The van der Waals surface area contributed by atoms with Gasteiger partial charge >= 0.3 is 0 Å². The van der Waals surface area contributed by atoms with Crippen LogP contribution in [-0.4, -0.2) is 0 Å². The van der Waals surface area contributed by atoms with E-state index in [1.165, 1.54) is 91.1 Å². The number of anilines is 5. The minimum atomic E-state index is -0.548. The Bertz CT molecular complexity index is 3770. The third kappa shape index (κ3) is 4.15. The van der Waals surface area contributed by atoms with Crippen molar-refractivity contribution in [3.8, 4) is 22.3 Å². The maximum Gasteiger partial charge on any atom is 0.159 e. The maximum atomic E-state index is 7.22. The summed E-state index contributed by atoms with van der Waals surface area (Å²) in [6, 6.07) is 67.8. The summed E-state index contributed by atoms with van der Waals surface area (Å²) in [4.78, 5) is 5.23. The van der Waals surface area contributed by atoms with Crippen molar-refractivity contribution in [1.29, 1.82) is 0 Å². The first-order valence-corrected chi connectivity index (χ1v) is 22.8. The van der Waals surface area contributed by atoms with Crippen molar-refractivity contribution in [2.24, 2.45) is 0 Å². The van der Waals surface area contributed by atoms with Gasteiger partial charge in [-0.3, -0.25) is 0 Å². The highest BCUT2D eigenvalue weighted by molar-refractivity contribution is 6.22. The van der Waals surface area contributed by atoms with Crippen LogP contribution in [-0.2, 0) is 11.8 Å². The second kappa shape index (κ2) is 12.4. The number of rotatable bonds is 4. The molecule has 0 radical (unpaired) electrons. The van der Waals surface area contributed by atoms with E-state index >= 15 is 0 Å². The summed E-state index contributed by atoms with van der Waals surface area (Å²) in [7, 11) is 0. The summed E-state index contributed by atoms with van der Waals surface area (Å²) in [6.45, 7) is 2.27. The van der Waals surface area contributed by atoms with Crippen LogP contribution in [0.2, 0.25) is 0 Å². The van der Waals surface area contributed by atoms with Gasteiger partial charge in [-0.15, -0.1) is 0 Å². The number of nitrogens with zero attached hydrogens (tertiary/aromatic N) is 2. The van der Waals surface area contributed by atoms with Gasteiger partial charge in [-0.05, 0) is 106 Å². The molecule has 2 aromatic heterocycles. The molecule has 1 atom stereocenters. The van der Waals surface area contributed by atoms with Gasteiger partial charge in [-0.25, -0.2) is 0 Å². The molecular weight excluding hydrogens is 781 g/mol. The molecule has 3 aliphatic heterocycles. The van der Waals surface area contributed by atoms with Crippen molar-refractivity contribution in [2.75, 3.05) is 9.80 Å². The summed E-state index contributed by atoms with van der Waals surface area (Å²) in [5, 5.41) is 4.49. The quantitative estimate of drug-likeness (QED) is 0.177. The standard InChI is InChI=1S/C60H40N2O2/c1-2-3-15-35-28-30-36(31-29-35)61-49-32-33-52-54(40-19-7-13-27-51(40)63-52)53(49)43-34-42-39-18-6-12-26-50(39)64-59(42)58-55(43)57(61)41-20-14-24-47-56(41)62(58)48-25-11-10-23-46(48)60(47)44-21-8-4-16-37(44)38-17-5-9-22-45(38)60/h4-14,16-34,57H,2-3,15H2,1H3.